The van der Waals surface area contributed by atoms with E-state index in [9.17, 15) is 14.0 Å². The Morgan fingerprint density at radius 3 is 2.50 bits per heavy atom. The van der Waals surface area contributed by atoms with Crippen molar-refractivity contribution in [2.45, 2.75) is 33.2 Å². The Labute approximate surface area is 117 Å². The Hall–Kier alpha value is -2.11. The van der Waals surface area contributed by atoms with Gasteiger partial charge in [0.15, 0.2) is 0 Å². The summed E-state index contributed by atoms with van der Waals surface area (Å²) in [5.74, 6) is -1.67. The number of benzene rings is 1. The number of carboxylic acid groups (broad SMARTS) is 1. The van der Waals surface area contributed by atoms with Crippen LogP contribution in [0.25, 0.3) is 0 Å². The Bertz CT molecular complexity index is 503. The number of hydrogen-bond donors (Lipinski definition) is 3. The van der Waals surface area contributed by atoms with Gasteiger partial charge >= 0.3 is 12.0 Å². The Morgan fingerprint density at radius 2 is 1.95 bits per heavy atom. The molecule has 0 aliphatic carbocycles. The van der Waals surface area contributed by atoms with Crippen molar-refractivity contribution in [3.05, 3.63) is 29.6 Å². The average molecular weight is 282 g/mol. The number of rotatable bonds is 5. The van der Waals surface area contributed by atoms with Crippen LogP contribution in [0.3, 0.4) is 0 Å². The zero-order chi connectivity index (χ0) is 15.3. The number of nitrogens with one attached hydrogen (secondary N) is 2. The van der Waals surface area contributed by atoms with Crippen molar-refractivity contribution < 1.29 is 19.1 Å². The molecule has 5 nitrogen and oxygen atoms in total. The molecule has 1 aromatic rings. The Kier molecular flexibility index (Phi) is 5.49. The van der Waals surface area contributed by atoms with E-state index in [1.165, 1.54) is 12.1 Å². The predicted molar refractivity (Wildman–Crippen MR) is 74.4 cm³/mol. The number of amides is 2. The number of halogens is 1. The molecule has 0 fully saturated rings. The molecule has 0 heterocycles. The molecule has 0 bridgehead atoms. The van der Waals surface area contributed by atoms with Crippen molar-refractivity contribution >= 4 is 17.7 Å². The standard InChI is InChI=1S/C14H19FN2O3/c1-8(2)7-9(3)16-14(20)17-12-10(13(18)19)5-4-6-11(12)15/h4-6,8-9H,7H2,1-3H3,(H,18,19)(H2,16,17,20). The second-order valence-electron chi connectivity index (χ2n) is 5.10. The molecule has 0 aliphatic rings. The van der Waals surface area contributed by atoms with Crippen LogP contribution in [0.5, 0.6) is 0 Å². The van der Waals surface area contributed by atoms with Crippen LogP contribution in [0.4, 0.5) is 14.9 Å². The molecule has 2 amide bonds. The number of urea groups is 1. The first-order valence-corrected chi connectivity index (χ1v) is 6.40. The molecule has 20 heavy (non-hydrogen) atoms. The highest BCUT2D eigenvalue weighted by molar-refractivity contribution is 6.00. The van der Waals surface area contributed by atoms with Crippen molar-refractivity contribution in [2.24, 2.45) is 5.92 Å². The zero-order valence-electron chi connectivity index (χ0n) is 11.7. The minimum atomic E-state index is -1.30. The van der Waals surface area contributed by atoms with Crippen molar-refractivity contribution in [1.82, 2.24) is 5.32 Å². The summed E-state index contributed by atoms with van der Waals surface area (Å²) in [7, 11) is 0. The first-order valence-electron chi connectivity index (χ1n) is 6.40. The summed E-state index contributed by atoms with van der Waals surface area (Å²) in [4.78, 5) is 22.7. The molecule has 0 saturated heterocycles. The summed E-state index contributed by atoms with van der Waals surface area (Å²) < 4.78 is 13.6. The third-order valence-electron chi connectivity index (χ3n) is 2.69. The smallest absolute Gasteiger partial charge is 0.337 e. The molecule has 110 valence electrons. The van der Waals surface area contributed by atoms with Crippen molar-refractivity contribution in [2.75, 3.05) is 5.32 Å². The fourth-order valence-corrected chi connectivity index (χ4v) is 1.97. The molecular weight excluding hydrogens is 263 g/mol. The van der Waals surface area contributed by atoms with E-state index < -0.39 is 17.8 Å². The van der Waals surface area contributed by atoms with Gasteiger partial charge in [0.25, 0.3) is 0 Å². The number of carbonyl (C=O) groups is 2. The molecule has 1 aromatic carbocycles. The van der Waals surface area contributed by atoms with Gasteiger partial charge in [-0.25, -0.2) is 14.0 Å². The quantitative estimate of drug-likeness (QED) is 0.776. The molecule has 6 heteroatoms. The van der Waals surface area contributed by atoms with Crippen LogP contribution in [-0.2, 0) is 0 Å². The van der Waals surface area contributed by atoms with E-state index in [0.29, 0.717) is 5.92 Å². The van der Waals surface area contributed by atoms with Crippen molar-refractivity contribution in [1.29, 1.82) is 0 Å². The molecule has 0 radical (unpaired) electrons. The van der Waals surface area contributed by atoms with Crippen LogP contribution >= 0.6 is 0 Å². The topological polar surface area (TPSA) is 78.4 Å². The monoisotopic (exact) mass is 282 g/mol. The number of aromatic carboxylic acids is 1. The maximum Gasteiger partial charge on any atom is 0.337 e. The highest BCUT2D eigenvalue weighted by Crippen LogP contribution is 2.19. The van der Waals surface area contributed by atoms with Crippen LogP contribution in [0.2, 0.25) is 0 Å². The fourth-order valence-electron chi connectivity index (χ4n) is 1.97. The van der Waals surface area contributed by atoms with Gasteiger partial charge in [0.05, 0.1) is 11.3 Å². The number of anilines is 1. The van der Waals surface area contributed by atoms with E-state index >= 15 is 0 Å². The van der Waals surface area contributed by atoms with E-state index in [1.54, 1.807) is 0 Å². The predicted octanol–water partition coefficient (Wildman–Crippen LogP) is 3.08. The zero-order valence-corrected chi connectivity index (χ0v) is 11.7. The maximum absolute atomic E-state index is 13.6. The molecule has 1 unspecified atom stereocenters. The van der Waals surface area contributed by atoms with Gasteiger partial charge in [-0.2, -0.15) is 0 Å². The molecule has 3 N–H and O–H groups in total. The molecule has 1 atom stereocenters. The van der Waals surface area contributed by atoms with Crippen LogP contribution in [0.1, 0.15) is 37.6 Å². The van der Waals surface area contributed by atoms with Crippen LogP contribution in [0, 0.1) is 11.7 Å². The molecular formula is C14H19FN2O3. The van der Waals surface area contributed by atoms with E-state index in [0.717, 1.165) is 12.5 Å². The molecule has 0 saturated carbocycles. The summed E-state index contributed by atoms with van der Waals surface area (Å²) in [5, 5.41) is 13.9. The second kappa shape index (κ2) is 6.88. The summed E-state index contributed by atoms with van der Waals surface area (Å²) in [6.45, 7) is 5.88. The lowest BCUT2D eigenvalue weighted by atomic mass is 10.1. The third-order valence-corrected chi connectivity index (χ3v) is 2.69. The van der Waals surface area contributed by atoms with Crippen LogP contribution in [-0.4, -0.2) is 23.1 Å². The molecule has 0 aliphatic heterocycles. The third kappa shape index (κ3) is 4.53. The highest BCUT2D eigenvalue weighted by atomic mass is 19.1. The van der Waals surface area contributed by atoms with Gasteiger partial charge in [0, 0.05) is 6.04 Å². The lowest BCUT2D eigenvalue weighted by Gasteiger charge is -2.17. The normalized spacial score (nSPS) is 12.1. The largest absolute Gasteiger partial charge is 0.478 e. The Morgan fingerprint density at radius 1 is 1.30 bits per heavy atom. The van der Waals surface area contributed by atoms with Gasteiger partial charge in [-0.05, 0) is 31.4 Å². The molecule has 0 aromatic heterocycles. The lowest BCUT2D eigenvalue weighted by Crippen LogP contribution is -2.37. The SMILES string of the molecule is CC(C)CC(C)NC(=O)Nc1c(F)cccc1C(=O)O. The van der Waals surface area contributed by atoms with Crippen molar-refractivity contribution in [3.63, 3.8) is 0 Å². The van der Waals surface area contributed by atoms with Gasteiger partial charge in [0.2, 0.25) is 0 Å². The lowest BCUT2D eigenvalue weighted by molar-refractivity contribution is 0.0697. The van der Waals surface area contributed by atoms with Crippen LogP contribution < -0.4 is 10.6 Å². The van der Waals surface area contributed by atoms with E-state index in [-0.39, 0.29) is 17.3 Å². The highest BCUT2D eigenvalue weighted by Gasteiger charge is 2.17. The van der Waals surface area contributed by atoms with E-state index in [4.69, 9.17) is 5.11 Å². The van der Waals surface area contributed by atoms with E-state index in [1.807, 2.05) is 20.8 Å². The minimum absolute atomic E-state index is 0.0879. The van der Waals surface area contributed by atoms with Gasteiger partial charge < -0.3 is 15.7 Å². The molecule has 0 spiro atoms. The minimum Gasteiger partial charge on any atom is -0.478 e. The maximum atomic E-state index is 13.6. The van der Waals surface area contributed by atoms with E-state index in [2.05, 4.69) is 10.6 Å². The number of para-hydroxylation sites is 1. The second-order valence-corrected chi connectivity index (χ2v) is 5.10. The van der Waals surface area contributed by atoms with Gasteiger partial charge in [-0.1, -0.05) is 19.9 Å². The Balaban J connectivity index is 2.78. The average Bonchev–Trinajstić information content (AvgIpc) is 2.29. The summed E-state index contributed by atoms with van der Waals surface area (Å²) in [6.07, 6.45) is 0.774. The van der Waals surface area contributed by atoms with Gasteiger partial charge in [-0.15, -0.1) is 0 Å². The summed E-state index contributed by atoms with van der Waals surface area (Å²) in [5.41, 5.74) is -0.606. The van der Waals surface area contributed by atoms with Gasteiger partial charge in [-0.3, -0.25) is 0 Å². The summed E-state index contributed by atoms with van der Waals surface area (Å²) in [6, 6.07) is 2.90. The number of hydrogen-bond acceptors (Lipinski definition) is 2. The first-order chi connectivity index (χ1) is 9.31. The molecule has 1 rings (SSSR count). The first kappa shape index (κ1) is 15.9. The van der Waals surface area contributed by atoms with Crippen molar-refractivity contribution in [3.8, 4) is 0 Å². The fraction of sp³-hybridized carbons (Fsp3) is 0.429. The van der Waals surface area contributed by atoms with Crippen LogP contribution in [0.15, 0.2) is 18.2 Å². The number of carbonyl (C=O) groups excluding carboxylic acids is 1. The summed E-state index contributed by atoms with van der Waals surface area (Å²) >= 11 is 0. The van der Waals surface area contributed by atoms with Gasteiger partial charge in [0.1, 0.15) is 5.82 Å². The number of carboxylic acids is 1.